The molecule has 17 heavy (non-hydrogen) atoms. The molecule has 2 atom stereocenters. The predicted molar refractivity (Wildman–Crippen MR) is 77.0 cm³/mol. The van der Waals surface area contributed by atoms with E-state index in [-0.39, 0.29) is 0 Å². The molecule has 1 fully saturated rings. The minimum Gasteiger partial charge on any atom is -0.313 e. The van der Waals surface area contributed by atoms with Crippen molar-refractivity contribution >= 4 is 22.9 Å². The standard InChI is InChI=1S/C14H22ClNS/c1-10-8-14(2,3)9-12(10)16-7-6-11-4-5-13(15)17-11/h4-5,10,12,16H,6-9H2,1-3H3. The summed E-state index contributed by atoms with van der Waals surface area (Å²) in [7, 11) is 0. The summed E-state index contributed by atoms with van der Waals surface area (Å²) in [6, 6.07) is 4.82. The molecule has 3 heteroatoms. The van der Waals surface area contributed by atoms with Crippen molar-refractivity contribution in [2.75, 3.05) is 6.54 Å². The van der Waals surface area contributed by atoms with E-state index in [0.29, 0.717) is 11.5 Å². The predicted octanol–water partition coefficient (Wildman–Crippen LogP) is 4.36. The fourth-order valence-corrected chi connectivity index (χ4v) is 4.12. The van der Waals surface area contributed by atoms with E-state index < -0.39 is 0 Å². The Morgan fingerprint density at radius 2 is 2.18 bits per heavy atom. The van der Waals surface area contributed by atoms with Gasteiger partial charge in [-0.05, 0) is 42.7 Å². The van der Waals surface area contributed by atoms with Crippen LogP contribution in [-0.4, -0.2) is 12.6 Å². The van der Waals surface area contributed by atoms with Crippen LogP contribution in [0.1, 0.15) is 38.5 Å². The van der Waals surface area contributed by atoms with Crippen molar-refractivity contribution in [3.8, 4) is 0 Å². The first kappa shape index (κ1) is 13.4. The average Bonchev–Trinajstić information content (AvgIpc) is 2.71. The van der Waals surface area contributed by atoms with Gasteiger partial charge in [0.15, 0.2) is 0 Å². The summed E-state index contributed by atoms with van der Waals surface area (Å²) in [5.74, 6) is 0.803. The zero-order valence-corrected chi connectivity index (χ0v) is 12.5. The van der Waals surface area contributed by atoms with Crippen LogP contribution in [0.25, 0.3) is 0 Å². The number of rotatable bonds is 4. The third-order valence-corrected chi connectivity index (χ3v) is 5.03. The zero-order chi connectivity index (χ0) is 12.5. The lowest BCUT2D eigenvalue weighted by Crippen LogP contribution is -2.33. The molecule has 1 nitrogen and oxygen atoms in total. The fourth-order valence-electron chi connectivity index (χ4n) is 3.03. The Balaban J connectivity index is 1.76. The zero-order valence-electron chi connectivity index (χ0n) is 10.9. The topological polar surface area (TPSA) is 12.0 Å². The summed E-state index contributed by atoms with van der Waals surface area (Å²) in [6.07, 6.45) is 3.75. The highest BCUT2D eigenvalue weighted by molar-refractivity contribution is 7.16. The minimum atomic E-state index is 0.517. The Bertz CT molecular complexity index is 372. The Morgan fingerprint density at radius 1 is 1.41 bits per heavy atom. The number of hydrogen-bond donors (Lipinski definition) is 1. The lowest BCUT2D eigenvalue weighted by atomic mass is 9.91. The van der Waals surface area contributed by atoms with Crippen LogP contribution in [0.5, 0.6) is 0 Å². The van der Waals surface area contributed by atoms with Crippen LogP contribution in [0.15, 0.2) is 12.1 Å². The van der Waals surface area contributed by atoms with Crippen LogP contribution in [0.4, 0.5) is 0 Å². The molecule has 0 aliphatic heterocycles. The van der Waals surface area contributed by atoms with Gasteiger partial charge in [-0.1, -0.05) is 32.4 Å². The van der Waals surface area contributed by atoms with E-state index in [0.717, 1.165) is 23.2 Å². The second kappa shape index (κ2) is 5.29. The molecule has 2 rings (SSSR count). The molecular formula is C14H22ClNS. The van der Waals surface area contributed by atoms with E-state index >= 15 is 0 Å². The molecule has 1 aliphatic rings. The van der Waals surface area contributed by atoms with Gasteiger partial charge in [-0.25, -0.2) is 0 Å². The number of thiophene rings is 1. The molecule has 1 heterocycles. The summed E-state index contributed by atoms with van der Waals surface area (Å²) in [4.78, 5) is 1.38. The highest BCUT2D eigenvalue weighted by atomic mass is 35.5. The minimum absolute atomic E-state index is 0.517. The van der Waals surface area contributed by atoms with Gasteiger partial charge in [0.05, 0.1) is 4.34 Å². The van der Waals surface area contributed by atoms with E-state index in [1.807, 2.05) is 6.07 Å². The maximum Gasteiger partial charge on any atom is 0.0931 e. The molecule has 0 aromatic carbocycles. The van der Waals surface area contributed by atoms with Crippen molar-refractivity contribution in [1.82, 2.24) is 5.32 Å². The Labute approximate surface area is 114 Å². The van der Waals surface area contributed by atoms with Crippen LogP contribution in [0.2, 0.25) is 4.34 Å². The molecule has 96 valence electrons. The van der Waals surface area contributed by atoms with Crippen molar-refractivity contribution in [2.24, 2.45) is 11.3 Å². The van der Waals surface area contributed by atoms with Gasteiger partial charge in [0.2, 0.25) is 0 Å². The molecule has 0 radical (unpaired) electrons. The van der Waals surface area contributed by atoms with E-state index in [1.54, 1.807) is 11.3 Å². The summed E-state index contributed by atoms with van der Waals surface area (Å²) in [6.45, 7) is 8.20. The molecule has 1 aromatic rings. The van der Waals surface area contributed by atoms with Crippen LogP contribution in [0, 0.1) is 11.3 Å². The van der Waals surface area contributed by atoms with Crippen molar-refractivity contribution in [2.45, 2.75) is 46.1 Å². The fraction of sp³-hybridized carbons (Fsp3) is 0.714. The van der Waals surface area contributed by atoms with Gasteiger partial charge in [0.1, 0.15) is 0 Å². The molecule has 0 saturated heterocycles. The SMILES string of the molecule is CC1CC(C)(C)CC1NCCc1ccc(Cl)s1. The van der Waals surface area contributed by atoms with E-state index in [2.05, 4.69) is 32.2 Å². The van der Waals surface area contributed by atoms with Crippen molar-refractivity contribution in [3.05, 3.63) is 21.3 Å². The quantitative estimate of drug-likeness (QED) is 0.858. The van der Waals surface area contributed by atoms with E-state index in [1.165, 1.54) is 17.7 Å². The molecule has 2 unspecified atom stereocenters. The summed E-state index contributed by atoms with van der Waals surface area (Å²) in [5.41, 5.74) is 0.517. The van der Waals surface area contributed by atoms with Gasteiger partial charge >= 0.3 is 0 Å². The van der Waals surface area contributed by atoms with Crippen molar-refractivity contribution < 1.29 is 0 Å². The monoisotopic (exact) mass is 271 g/mol. The van der Waals surface area contributed by atoms with Crippen molar-refractivity contribution in [3.63, 3.8) is 0 Å². The molecule has 0 spiro atoms. The summed E-state index contributed by atoms with van der Waals surface area (Å²) in [5, 5.41) is 3.71. The van der Waals surface area contributed by atoms with Crippen LogP contribution < -0.4 is 5.32 Å². The highest BCUT2D eigenvalue weighted by Gasteiger charge is 2.35. The van der Waals surface area contributed by atoms with Crippen LogP contribution in [0.3, 0.4) is 0 Å². The smallest absolute Gasteiger partial charge is 0.0931 e. The van der Waals surface area contributed by atoms with Gasteiger partial charge < -0.3 is 5.32 Å². The van der Waals surface area contributed by atoms with Crippen LogP contribution in [-0.2, 0) is 6.42 Å². The Hall–Kier alpha value is -0.0500. The lowest BCUT2D eigenvalue weighted by molar-refractivity contribution is 0.362. The molecule has 0 amide bonds. The van der Waals surface area contributed by atoms with Gasteiger partial charge in [0, 0.05) is 17.5 Å². The summed E-state index contributed by atoms with van der Waals surface area (Å²) < 4.78 is 0.898. The largest absolute Gasteiger partial charge is 0.313 e. The number of nitrogens with one attached hydrogen (secondary N) is 1. The van der Waals surface area contributed by atoms with Gasteiger partial charge in [-0.3, -0.25) is 0 Å². The maximum atomic E-state index is 5.93. The highest BCUT2D eigenvalue weighted by Crippen LogP contribution is 2.40. The van der Waals surface area contributed by atoms with E-state index in [9.17, 15) is 0 Å². The maximum absolute atomic E-state index is 5.93. The van der Waals surface area contributed by atoms with Crippen LogP contribution >= 0.6 is 22.9 Å². The normalized spacial score (nSPS) is 27.5. The first-order valence-electron chi connectivity index (χ1n) is 6.44. The first-order chi connectivity index (χ1) is 7.96. The first-order valence-corrected chi connectivity index (χ1v) is 7.63. The number of halogens is 1. The van der Waals surface area contributed by atoms with Crippen molar-refractivity contribution in [1.29, 1.82) is 0 Å². The lowest BCUT2D eigenvalue weighted by Gasteiger charge is -2.18. The van der Waals surface area contributed by atoms with E-state index in [4.69, 9.17) is 11.6 Å². The van der Waals surface area contributed by atoms with Gasteiger partial charge in [0.25, 0.3) is 0 Å². The van der Waals surface area contributed by atoms with Gasteiger partial charge in [-0.2, -0.15) is 0 Å². The molecule has 1 aliphatic carbocycles. The summed E-state index contributed by atoms with van der Waals surface area (Å²) >= 11 is 7.62. The molecule has 1 saturated carbocycles. The molecule has 0 bridgehead atoms. The second-order valence-corrected chi connectivity index (χ2v) is 7.87. The molecular weight excluding hydrogens is 250 g/mol. The number of hydrogen-bond acceptors (Lipinski definition) is 2. The molecule has 1 aromatic heterocycles. The average molecular weight is 272 g/mol. The third-order valence-electron chi connectivity index (χ3n) is 3.74. The third kappa shape index (κ3) is 3.70. The molecule has 1 N–H and O–H groups in total. The Morgan fingerprint density at radius 3 is 2.71 bits per heavy atom. The van der Waals surface area contributed by atoms with Gasteiger partial charge in [-0.15, -0.1) is 11.3 Å². The Kier molecular flexibility index (Phi) is 4.17. The second-order valence-electron chi connectivity index (χ2n) is 6.07.